The second-order valence-electron chi connectivity index (χ2n) is 4.31. The van der Waals surface area contributed by atoms with E-state index in [1.54, 1.807) is 0 Å². The third kappa shape index (κ3) is 3.83. The van der Waals surface area contributed by atoms with E-state index in [0.29, 0.717) is 6.47 Å². The van der Waals surface area contributed by atoms with Gasteiger partial charge < -0.3 is 10.1 Å². The summed E-state index contributed by atoms with van der Waals surface area (Å²) in [5.74, 6) is -0.101. The number of carbonyl (C=O) groups excluding carboxylic acids is 2. The predicted molar refractivity (Wildman–Crippen MR) is 60.8 cm³/mol. The van der Waals surface area contributed by atoms with E-state index in [-0.39, 0.29) is 17.9 Å². The van der Waals surface area contributed by atoms with E-state index in [9.17, 15) is 9.59 Å². The standard InChI is InChI=1S/C12H21NO3/c1-2-3-8-13-12(15)10-6-4-5-7-11(10)16-9-14/h9-11H,2-8H2,1H3,(H,13,15). The summed E-state index contributed by atoms with van der Waals surface area (Å²) in [5.41, 5.74) is 0. The van der Waals surface area contributed by atoms with Crippen LogP contribution in [0, 0.1) is 5.92 Å². The van der Waals surface area contributed by atoms with E-state index in [4.69, 9.17) is 4.74 Å². The molecule has 4 nitrogen and oxygen atoms in total. The highest BCUT2D eigenvalue weighted by molar-refractivity contribution is 5.79. The number of unbranched alkanes of at least 4 members (excludes halogenated alkanes) is 1. The minimum Gasteiger partial charge on any atom is -0.464 e. The van der Waals surface area contributed by atoms with Gasteiger partial charge in [-0.05, 0) is 25.7 Å². The van der Waals surface area contributed by atoms with Crippen molar-refractivity contribution in [3.63, 3.8) is 0 Å². The van der Waals surface area contributed by atoms with E-state index in [2.05, 4.69) is 12.2 Å². The Balaban J connectivity index is 2.40. The Hall–Kier alpha value is -1.06. The van der Waals surface area contributed by atoms with Crippen LogP contribution in [-0.4, -0.2) is 25.0 Å². The van der Waals surface area contributed by atoms with Crippen molar-refractivity contribution in [3.05, 3.63) is 0 Å². The van der Waals surface area contributed by atoms with E-state index in [1.807, 2.05) is 0 Å². The molecule has 0 radical (unpaired) electrons. The fourth-order valence-corrected chi connectivity index (χ4v) is 2.15. The summed E-state index contributed by atoms with van der Waals surface area (Å²) in [6.07, 6.45) is 5.58. The van der Waals surface area contributed by atoms with Gasteiger partial charge >= 0.3 is 0 Å². The molecule has 92 valence electrons. The second kappa shape index (κ2) is 7.25. The number of hydrogen-bond acceptors (Lipinski definition) is 3. The molecule has 0 saturated heterocycles. The van der Waals surface area contributed by atoms with Crippen molar-refractivity contribution in [3.8, 4) is 0 Å². The number of amides is 1. The molecule has 0 heterocycles. The Bertz CT molecular complexity index is 230. The molecule has 0 spiro atoms. The maximum atomic E-state index is 11.9. The molecule has 1 N–H and O–H groups in total. The zero-order valence-electron chi connectivity index (χ0n) is 9.91. The van der Waals surface area contributed by atoms with E-state index < -0.39 is 0 Å². The van der Waals surface area contributed by atoms with Crippen molar-refractivity contribution in [1.82, 2.24) is 5.32 Å². The van der Waals surface area contributed by atoms with Crippen molar-refractivity contribution < 1.29 is 14.3 Å². The van der Waals surface area contributed by atoms with Gasteiger partial charge in [0.25, 0.3) is 6.47 Å². The van der Waals surface area contributed by atoms with Crippen LogP contribution >= 0.6 is 0 Å². The number of rotatable bonds is 6. The lowest BCUT2D eigenvalue weighted by atomic mass is 9.85. The molecular formula is C12H21NO3. The summed E-state index contributed by atoms with van der Waals surface area (Å²) in [5, 5.41) is 2.91. The van der Waals surface area contributed by atoms with Crippen LogP contribution in [-0.2, 0) is 14.3 Å². The zero-order valence-corrected chi connectivity index (χ0v) is 9.91. The van der Waals surface area contributed by atoms with Crippen molar-refractivity contribution in [2.75, 3.05) is 6.54 Å². The molecule has 1 aliphatic carbocycles. The third-order valence-electron chi connectivity index (χ3n) is 3.10. The van der Waals surface area contributed by atoms with Crippen LogP contribution < -0.4 is 5.32 Å². The molecule has 16 heavy (non-hydrogen) atoms. The average Bonchev–Trinajstić information content (AvgIpc) is 2.30. The monoisotopic (exact) mass is 227 g/mol. The molecule has 0 aromatic carbocycles. The smallest absolute Gasteiger partial charge is 0.293 e. The van der Waals surface area contributed by atoms with Crippen molar-refractivity contribution in [2.45, 2.75) is 51.6 Å². The van der Waals surface area contributed by atoms with Gasteiger partial charge in [-0.15, -0.1) is 0 Å². The molecule has 1 fully saturated rings. The van der Waals surface area contributed by atoms with Crippen LogP contribution in [0.5, 0.6) is 0 Å². The van der Waals surface area contributed by atoms with Crippen molar-refractivity contribution in [1.29, 1.82) is 0 Å². The SMILES string of the molecule is CCCCNC(=O)C1CCCCC1OC=O. The summed E-state index contributed by atoms with van der Waals surface area (Å²) in [6, 6.07) is 0. The Kier molecular flexibility index (Phi) is 5.90. The van der Waals surface area contributed by atoms with Gasteiger partial charge in [0, 0.05) is 6.54 Å². The minimum absolute atomic E-state index is 0.0417. The maximum Gasteiger partial charge on any atom is 0.293 e. The van der Waals surface area contributed by atoms with Gasteiger partial charge in [0.15, 0.2) is 0 Å². The first-order chi connectivity index (χ1) is 7.79. The molecular weight excluding hydrogens is 206 g/mol. The van der Waals surface area contributed by atoms with Gasteiger partial charge in [-0.1, -0.05) is 19.8 Å². The number of hydrogen-bond donors (Lipinski definition) is 1. The van der Waals surface area contributed by atoms with Crippen LogP contribution in [0.15, 0.2) is 0 Å². The number of ether oxygens (including phenoxy) is 1. The molecule has 1 aliphatic rings. The lowest BCUT2D eigenvalue weighted by Crippen LogP contribution is -2.40. The molecule has 0 aromatic rings. The average molecular weight is 227 g/mol. The maximum absolute atomic E-state index is 11.9. The fraction of sp³-hybridized carbons (Fsp3) is 0.833. The Morgan fingerprint density at radius 2 is 2.19 bits per heavy atom. The predicted octanol–water partition coefficient (Wildman–Crippen LogP) is 1.63. The van der Waals surface area contributed by atoms with Crippen LogP contribution in [0.25, 0.3) is 0 Å². The number of carbonyl (C=O) groups is 2. The quantitative estimate of drug-likeness (QED) is 0.554. The molecule has 2 unspecified atom stereocenters. The molecule has 1 amide bonds. The molecule has 0 aliphatic heterocycles. The minimum atomic E-state index is -0.215. The highest BCUT2D eigenvalue weighted by atomic mass is 16.5. The largest absolute Gasteiger partial charge is 0.464 e. The summed E-state index contributed by atoms with van der Waals surface area (Å²) >= 11 is 0. The van der Waals surface area contributed by atoms with E-state index in [1.165, 1.54) is 0 Å². The molecule has 1 rings (SSSR count). The fourth-order valence-electron chi connectivity index (χ4n) is 2.15. The van der Waals surface area contributed by atoms with Crippen LogP contribution in [0.3, 0.4) is 0 Å². The van der Waals surface area contributed by atoms with Gasteiger partial charge in [-0.2, -0.15) is 0 Å². The summed E-state index contributed by atoms with van der Waals surface area (Å²) in [4.78, 5) is 22.2. The summed E-state index contributed by atoms with van der Waals surface area (Å²) in [6.45, 7) is 3.27. The van der Waals surface area contributed by atoms with Crippen LogP contribution in [0.4, 0.5) is 0 Å². The molecule has 4 heteroatoms. The zero-order chi connectivity index (χ0) is 11.8. The molecule has 0 bridgehead atoms. The second-order valence-corrected chi connectivity index (χ2v) is 4.31. The molecule has 2 atom stereocenters. The van der Waals surface area contributed by atoms with E-state index in [0.717, 1.165) is 45.1 Å². The van der Waals surface area contributed by atoms with Crippen LogP contribution in [0.2, 0.25) is 0 Å². The first kappa shape index (κ1) is 13.0. The van der Waals surface area contributed by atoms with Crippen LogP contribution in [0.1, 0.15) is 45.4 Å². The van der Waals surface area contributed by atoms with Gasteiger partial charge in [-0.3, -0.25) is 9.59 Å². The topological polar surface area (TPSA) is 55.4 Å². The van der Waals surface area contributed by atoms with Crippen molar-refractivity contribution >= 4 is 12.4 Å². The molecule has 0 aromatic heterocycles. The lowest BCUT2D eigenvalue weighted by Gasteiger charge is -2.28. The number of nitrogens with one attached hydrogen (secondary N) is 1. The third-order valence-corrected chi connectivity index (χ3v) is 3.10. The Morgan fingerprint density at radius 3 is 2.88 bits per heavy atom. The first-order valence-corrected chi connectivity index (χ1v) is 6.16. The highest BCUT2D eigenvalue weighted by Crippen LogP contribution is 2.26. The van der Waals surface area contributed by atoms with Crippen molar-refractivity contribution in [2.24, 2.45) is 5.92 Å². The summed E-state index contributed by atoms with van der Waals surface area (Å²) < 4.78 is 4.98. The highest BCUT2D eigenvalue weighted by Gasteiger charge is 2.31. The summed E-state index contributed by atoms with van der Waals surface area (Å²) in [7, 11) is 0. The van der Waals surface area contributed by atoms with Gasteiger partial charge in [0.2, 0.25) is 5.91 Å². The Labute approximate surface area is 96.7 Å². The Morgan fingerprint density at radius 1 is 1.44 bits per heavy atom. The lowest BCUT2D eigenvalue weighted by molar-refractivity contribution is -0.143. The van der Waals surface area contributed by atoms with Gasteiger partial charge in [0.05, 0.1) is 5.92 Å². The molecule has 1 saturated carbocycles. The first-order valence-electron chi connectivity index (χ1n) is 6.16. The van der Waals surface area contributed by atoms with Gasteiger partial charge in [0.1, 0.15) is 6.10 Å². The van der Waals surface area contributed by atoms with Gasteiger partial charge in [-0.25, -0.2) is 0 Å². The van der Waals surface area contributed by atoms with E-state index >= 15 is 0 Å². The normalized spacial score (nSPS) is 24.8.